The third-order valence-corrected chi connectivity index (χ3v) is 2.03. The lowest BCUT2D eigenvalue weighted by atomic mass is 10.2. The largest absolute Gasteiger partial charge is 0.481 e. The Morgan fingerprint density at radius 2 is 2.36 bits per heavy atom. The van der Waals surface area contributed by atoms with Crippen LogP contribution in [0.3, 0.4) is 0 Å². The van der Waals surface area contributed by atoms with E-state index in [9.17, 15) is 4.79 Å². The average molecular weight is 191 g/mol. The Morgan fingerprint density at radius 3 is 3.07 bits per heavy atom. The van der Waals surface area contributed by atoms with Gasteiger partial charge in [0.1, 0.15) is 5.82 Å². The minimum Gasteiger partial charge on any atom is -0.481 e. The Labute approximate surface area is 80.0 Å². The highest BCUT2D eigenvalue weighted by Crippen LogP contribution is 2.10. The first kappa shape index (κ1) is 8.68. The molecule has 0 atom stereocenters. The number of aliphatic carboxylic acids is 1. The van der Waals surface area contributed by atoms with Crippen LogP contribution in [0.4, 0.5) is 0 Å². The van der Waals surface area contributed by atoms with Gasteiger partial charge in [-0.2, -0.15) is 0 Å². The highest BCUT2D eigenvalue weighted by atomic mass is 16.4. The summed E-state index contributed by atoms with van der Waals surface area (Å²) in [6, 6.07) is 3.54. The van der Waals surface area contributed by atoms with Crippen molar-refractivity contribution in [1.29, 1.82) is 0 Å². The van der Waals surface area contributed by atoms with Crippen molar-refractivity contribution in [3.8, 4) is 0 Å². The quantitative estimate of drug-likeness (QED) is 0.757. The number of hydrogen-bond donors (Lipinski definition) is 1. The van der Waals surface area contributed by atoms with Gasteiger partial charge < -0.3 is 5.11 Å². The number of aryl methyl sites for hydroxylation is 1. The van der Waals surface area contributed by atoms with E-state index in [1.807, 2.05) is 13.1 Å². The molecule has 0 aliphatic heterocycles. The molecule has 0 spiro atoms. The van der Waals surface area contributed by atoms with E-state index >= 15 is 0 Å². The number of pyridine rings is 1. The van der Waals surface area contributed by atoms with Crippen molar-refractivity contribution in [2.45, 2.75) is 13.3 Å². The molecule has 0 fully saturated rings. The minimum atomic E-state index is -0.862. The molecule has 0 aliphatic rings. The van der Waals surface area contributed by atoms with Crippen molar-refractivity contribution in [3.63, 3.8) is 0 Å². The molecule has 0 radical (unpaired) electrons. The first-order chi connectivity index (χ1) is 6.68. The summed E-state index contributed by atoms with van der Waals surface area (Å²) >= 11 is 0. The van der Waals surface area contributed by atoms with Crippen molar-refractivity contribution in [3.05, 3.63) is 29.7 Å². The van der Waals surface area contributed by atoms with Gasteiger partial charge in [-0.3, -0.25) is 9.20 Å². The molecule has 0 bridgehead atoms. The second kappa shape index (κ2) is 3.10. The van der Waals surface area contributed by atoms with Gasteiger partial charge in [0.2, 0.25) is 0 Å². The van der Waals surface area contributed by atoms with Crippen molar-refractivity contribution in [2.24, 2.45) is 0 Å². The lowest BCUT2D eigenvalue weighted by molar-refractivity contribution is -0.136. The molecular weight excluding hydrogens is 182 g/mol. The van der Waals surface area contributed by atoms with Crippen LogP contribution in [-0.4, -0.2) is 25.7 Å². The molecule has 14 heavy (non-hydrogen) atoms. The second-order valence-electron chi connectivity index (χ2n) is 3.04. The van der Waals surface area contributed by atoms with Crippen molar-refractivity contribution >= 4 is 11.6 Å². The maximum absolute atomic E-state index is 10.6. The van der Waals surface area contributed by atoms with E-state index < -0.39 is 5.97 Å². The van der Waals surface area contributed by atoms with E-state index in [1.54, 1.807) is 16.5 Å². The average Bonchev–Trinajstić information content (AvgIpc) is 2.49. The first-order valence-electron chi connectivity index (χ1n) is 4.19. The monoisotopic (exact) mass is 191 g/mol. The number of fused-ring (bicyclic) bond motifs is 1. The summed E-state index contributed by atoms with van der Waals surface area (Å²) in [7, 11) is 0. The summed E-state index contributed by atoms with van der Waals surface area (Å²) in [5.41, 5.74) is 1.30. The second-order valence-corrected chi connectivity index (χ2v) is 3.04. The van der Waals surface area contributed by atoms with Crippen LogP contribution in [-0.2, 0) is 11.2 Å². The molecular formula is C9H9N3O2. The SMILES string of the molecule is Cc1nnc2c(CC(=O)O)cccn12. The Balaban J connectivity index is 2.59. The zero-order valence-electron chi connectivity index (χ0n) is 7.64. The third kappa shape index (κ3) is 1.32. The standard InChI is InChI=1S/C9H9N3O2/c1-6-10-11-9-7(5-8(13)14)3-2-4-12(6)9/h2-4H,5H2,1H3,(H,13,14). The summed E-state index contributed by atoms with van der Waals surface area (Å²) in [4.78, 5) is 10.6. The van der Waals surface area contributed by atoms with E-state index in [4.69, 9.17) is 5.11 Å². The molecule has 0 saturated heterocycles. The van der Waals surface area contributed by atoms with E-state index in [2.05, 4.69) is 10.2 Å². The molecule has 0 aromatic carbocycles. The highest BCUT2D eigenvalue weighted by molar-refractivity contribution is 5.73. The minimum absolute atomic E-state index is 0.0253. The van der Waals surface area contributed by atoms with E-state index in [1.165, 1.54) is 0 Å². The fourth-order valence-electron chi connectivity index (χ4n) is 1.39. The molecule has 0 unspecified atom stereocenters. The molecule has 0 amide bonds. The Hall–Kier alpha value is -1.91. The van der Waals surface area contributed by atoms with Crippen molar-refractivity contribution in [2.75, 3.05) is 0 Å². The summed E-state index contributed by atoms with van der Waals surface area (Å²) < 4.78 is 1.78. The van der Waals surface area contributed by atoms with Gasteiger partial charge in [-0.15, -0.1) is 10.2 Å². The van der Waals surface area contributed by atoms with Crippen LogP contribution in [0, 0.1) is 6.92 Å². The predicted molar refractivity (Wildman–Crippen MR) is 49.1 cm³/mol. The third-order valence-electron chi connectivity index (χ3n) is 2.03. The number of nitrogens with zero attached hydrogens (tertiary/aromatic N) is 3. The van der Waals surface area contributed by atoms with Gasteiger partial charge in [0.15, 0.2) is 5.65 Å². The normalized spacial score (nSPS) is 10.6. The molecule has 0 aliphatic carbocycles. The summed E-state index contributed by atoms with van der Waals surface area (Å²) in [6.45, 7) is 1.82. The van der Waals surface area contributed by atoms with Gasteiger partial charge in [-0.05, 0) is 13.0 Å². The molecule has 72 valence electrons. The molecule has 0 saturated carbocycles. The molecule has 2 aromatic heterocycles. The van der Waals surface area contributed by atoms with E-state index in [-0.39, 0.29) is 6.42 Å². The van der Waals surface area contributed by atoms with Gasteiger partial charge in [-0.25, -0.2) is 0 Å². The summed E-state index contributed by atoms with van der Waals surface area (Å²) in [5, 5.41) is 16.5. The lowest BCUT2D eigenvalue weighted by Gasteiger charge is -1.99. The zero-order valence-corrected chi connectivity index (χ0v) is 7.64. The smallest absolute Gasteiger partial charge is 0.307 e. The van der Waals surface area contributed by atoms with Crippen molar-refractivity contribution in [1.82, 2.24) is 14.6 Å². The number of carboxylic acid groups (broad SMARTS) is 1. The van der Waals surface area contributed by atoms with Crippen LogP contribution >= 0.6 is 0 Å². The van der Waals surface area contributed by atoms with Gasteiger partial charge in [0.05, 0.1) is 6.42 Å². The van der Waals surface area contributed by atoms with Gasteiger partial charge in [-0.1, -0.05) is 6.07 Å². The fourth-order valence-corrected chi connectivity index (χ4v) is 1.39. The maximum Gasteiger partial charge on any atom is 0.307 e. The van der Waals surface area contributed by atoms with Gasteiger partial charge in [0.25, 0.3) is 0 Å². The maximum atomic E-state index is 10.6. The van der Waals surface area contributed by atoms with E-state index in [0.717, 1.165) is 5.82 Å². The Bertz CT molecular complexity index is 490. The van der Waals surface area contributed by atoms with Crippen LogP contribution in [0.2, 0.25) is 0 Å². The predicted octanol–water partition coefficient (Wildman–Crippen LogP) is 0.665. The summed E-state index contributed by atoms with van der Waals surface area (Å²) in [6.07, 6.45) is 1.79. The number of carbonyl (C=O) groups is 1. The van der Waals surface area contributed by atoms with Gasteiger partial charge >= 0.3 is 5.97 Å². The lowest BCUT2D eigenvalue weighted by Crippen LogP contribution is -2.02. The van der Waals surface area contributed by atoms with Crippen LogP contribution in [0.15, 0.2) is 18.3 Å². The topological polar surface area (TPSA) is 67.5 Å². The molecule has 5 nitrogen and oxygen atoms in total. The number of aromatic nitrogens is 3. The van der Waals surface area contributed by atoms with Crippen LogP contribution in [0.25, 0.3) is 5.65 Å². The Kier molecular flexibility index (Phi) is 1.92. The van der Waals surface area contributed by atoms with Crippen LogP contribution in [0.1, 0.15) is 11.4 Å². The first-order valence-corrected chi connectivity index (χ1v) is 4.19. The molecule has 5 heteroatoms. The Morgan fingerprint density at radius 1 is 1.57 bits per heavy atom. The fraction of sp³-hybridized carbons (Fsp3) is 0.222. The zero-order chi connectivity index (χ0) is 10.1. The molecule has 2 aromatic rings. The van der Waals surface area contributed by atoms with Gasteiger partial charge in [0, 0.05) is 11.8 Å². The number of rotatable bonds is 2. The van der Waals surface area contributed by atoms with Crippen LogP contribution in [0.5, 0.6) is 0 Å². The summed E-state index contributed by atoms with van der Waals surface area (Å²) in [5.74, 6) is -0.106. The molecule has 2 heterocycles. The highest BCUT2D eigenvalue weighted by Gasteiger charge is 2.08. The van der Waals surface area contributed by atoms with Crippen LogP contribution < -0.4 is 0 Å². The van der Waals surface area contributed by atoms with Crippen molar-refractivity contribution < 1.29 is 9.90 Å². The molecule has 1 N–H and O–H groups in total. The van der Waals surface area contributed by atoms with E-state index in [0.29, 0.717) is 11.2 Å². The molecule has 2 rings (SSSR count). The number of hydrogen-bond acceptors (Lipinski definition) is 3. The number of carboxylic acids is 1.